The van der Waals surface area contributed by atoms with E-state index in [0.29, 0.717) is 12.1 Å². The van der Waals surface area contributed by atoms with Gasteiger partial charge in [0.25, 0.3) is 0 Å². The zero-order valence-corrected chi connectivity index (χ0v) is 13.2. The number of amides is 1. The Kier molecular flexibility index (Phi) is 4.85. The predicted octanol–water partition coefficient (Wildman–Crippen LogP) is 2.91. The lowest BCUT2D eigenvalue weighted by Crippen LogP contribution is -2.38. The summed E-state index contributed by atoms with van der Waals surface area (Å²) in [5.74, 6) is -0.373. The third kappa shape index (κ3) is 4.62. The molecule has 2 rings (SSSR count). The van der Waals surface area contributed by atoms with Crippen molar-refractivity contribution in [2.45, 2.75) is 32.9 Å². The summed E-state index contributed by atoms with van der Waals surface area (Å²) in [5, 5.41) is 0. The van der Waals surface area contributed by atoms with E-state index in [0.717, 1.165) is 5.56 Å². The van der Waals surface area contributed by atoms with E-state index in [4.69, 9.17) is 9.47 Å². The summed E-state index contributed by atoms with van der Waals surface area (Å²) in [6, 6.07) is 9.59. The van der Waals surface area contributed by atoms with Crippen LogP contribution in [0.25, 0.3) is 0 Å². The summed E-state index contributed by atoms with van der Waals surface area (Å²) in [4.78, 5) is 25.5. The monoisotopic (exact) mass is 303 g/mol. The van der Waals surface area contributed by atoms with Gasteiger partial charge in [-0.15, -0.1) is 0 Å². The fourth-order valence-corrected chi connectivity index (χ4v) is 2.04. The maximum Gasteiger partial charge on any atom is 0.410 e. The van der Waals surface area contributed by atoms with Gasteiger partial charge < -0.3 is 9.47 Å². The molecule has 0 fully saturated rings. The van der Waals surface area contributed by atoms with Crippen molar-refractivity contribution in [2.75, 3.05) is 13.2 Å². The normalized spacial score (nSPS) is 14.3. The summed E-state index contributed by atoms with van der Waals surface area (Å²) < 4.78 is 10.3. The summed E-state index contributed by atoms with van der Waals surface area (Å²) in [6.45, 7) is 6.27. The van der Waals surface area contributed by atoms with E-state index in [1.54, 1.807) is 6.08 Å². The molecule has 1 aliphatic rings. The molecule has 0 bridgehead atoms. The van der Waals surface area contributed by atoms with Crippen molar-refractivity contribution >= 4 is 12.1 Å². The molecule has 0 atom stereocenters. The lowest BCUT2D eigenvalue weighted by atomic mass is 10.2. The van der Waals surface area contributed by atoms with Gasteiger partial charge in [0.2, 0.25) is 0 Å². The Morgan fingerprint density at radius 3 is 2.45 bits per heavy atom. The van der Waals surface area contributed by atoms with Crippen LogP contribution in [0.15, 0.2) is 42.0 Å². The molecule has 0 unspecified atom stereocenters. The molecule has 22 heavy (non-hydrogen) atoms. The van der Waals surface area contributed by atoms with Gasteiger partial charge in [-0.3, -0.25) is 4.90 Å². The summed E-state index contributed by atoms with van der Waals surface area (Å²) >= 11 is 0. The van der Waals surface area contributed by atoms with Crippen LogP contribution in [-0.4, -0.2) is 35.7 Å². The molecule has 0 saturated carbocycles. The highest BCUT2D eigenvalue weighted by atomic mass is 16.6. The highest BCUT2D eigenvalue weighted by molar-refractivity contribution is 5.91. The van der Waals surface area contributed by atoms with Gasteiger partial charge in [0.1, 0.15) is 12.2 Å². The first-order chi connectivity index (χ1) is 10.3. The van der Waals surface area contributed by atoms with Crippen molar-refractivity contribution in [3.63, 3.8) is 0 Å². The smallest absolute Gasteiger partial charge is 0.410 e. The Bertz CT molecular complexity index is 572. The largest absolute Gasteiger partial charge is 0.458 e. The van der Waals surface area contributed by atoms with E-state index >= 15 is 0 Å². The molecule has 1 aliphatic heterocycles. The first-order valence-corrected chi connectivity index (χ1v) is 7.23. The first kappa shape index (κ1) is 16.1. The van der Waals surface area contributed by atoms with Crippen molar-refractivity contribution in [1.82, 2.24) is 4.90 Å². The molecule has 5 nitrogen and oxygen atoms in total. The molecule has 1 aromatic rings. The molecule has 1 aromatic carbocycles. The van der Waals surface area contributed by atoms with Gasteiger partial charge in [-0.1, -0.05) is 30.3 Å². The van der Waals surface area contributed by atoms with Crippen molar-refractivity contribution in [3.05, 3.63) is 47.5 Å². The van der Waals surface area contributed by atoms with Gasteiger partial charge in [-0.25, -0.2) is 9.59 Å². The Hall–Kier alpha value is -2.30. The number of nitrogens with zero attached hydrogens (tertiary/aromatic N) is 1. The average Bonchev–Trinajstić information content (AvgIpc) is 2.83. The van der Waals surface area contributed by atoms with Gasteiger partial charge in [-0.05, 0) is 32.4 Å². The van der Waals surface area contributed by atoms with Crippen LogP contribution in [0, 0.1) is 0 Å². The van der Waals surface area contributed by atoms with Crippen molar-refractivity contribution in [1.29, 1.82) is 0 Å². The fourth-order valence-electron chi connectivity index (χ4n) is 2.04. The van der Waals surface area contributed by atoms with Crippen LogP contribution in [0.4, 0.5) is 4.79 Å². The maximum atomic E-state index is 12.4. The zero-order valence-electron chi connectivity index (χ0n) is 13.2. The van der Waals surface area contributed by atoms with Crippen molar-refractivity contribution in [3.8, 4) is 0 Å². The summed E-state index contributed by atoms with van der Waals surface area (Å²) in [7, 11) is 0. The Labute approximate surface area is 130 Å². The standard InChI is InChI=1S/C17H21NO4/c1-17(2,3)22-16(20)18(11-13-7-5-4-6-8-13)12-14-9-10-21-15(14)19/h4-9H,10-12H2,1-3H3. The number of carbonyl (C=O) groups excluding carboxylic acids is 2. The molecule has 0 radical (unpaired) electrons. The molecular weight excluding hydrogens is 282 g/mol. The van der Waals surface area contributed by atoms with Crippen LogP contribution >= 0.6 is 0 Å². The van der Waals surface area contributed by atoms with Crippen LogP contribution in [0.1, 0.15) is 26.3 Å². The second kappa shape index (κ2) is 6.64. The number of cyclic esters (lactones) is 1. The fraction of sp³-hybridized carbons (Fsp3) is 0.412. The van der Waals surface area contributed by atoms with Crippen LogP contribution < -0.4 is 0 Å². The number of ether oxygens (including phenoxy) is 2. The Balaban J connectivity index is 2.13. The third-order valence-corrected chi connectivity index (χ3v) is 3.04. The molecule has 0 saturated heterocycles. The van der Waals surface area contributed by atoms with Crippen molar-refractivity contribution in [2.24, 2.45) is 0 Å². The minimum absolute atomic E-state index is 0.183. The average molecular weight is 303 g/mol. The van der Waals surface area contributed by atoms with Crippen LogP contribution in [0.2, 0.25) is 0 Å². The van der Waals surface area contributed by atoms with Crippen LogP contribution in [0.5, 0.6) is 0 Å². The summed E-state index contributed by atoms with van der Waals surface area (Å²) in [5.41, 5.74) is 0.874. The zero-order chi connectivity index (χ0) is 16.2. The van der Waals surface area contributed by atoms with Gasteiger partial charge >= 0.3 is 12.1 Å². The summed E-state index contributed by atoms with van der Waals surface area (Å²) in [6.07, 6.45) is 1.25. The predicted molar refractivity (Wildman–Crippen MR) is 82.1 cm³/mol. The molecule has 0 spiro atoms. The minimum Gasteiger partial charge on any atom is -0.458 e. The molecule has 1 heterocycles. The van der Waals surface area contributed by atoms with E-state index in [1.807, 2.05) is 51.1 Å². The van der Waals surface area contributed by atoms with E-state index in [1.165, 1.54) is 4.90 Å². The third-order valence-electron chi connectivity index (χ3n) is 3.04. The maximum absolute atomic E-state index is 12.4. The molecule has 0 aromatic heterocycles. The first-order valence-electron chi connectivity index (χ1n) is 7.23. The highest BCUT2D eigenvalue weighted by Crippen LogP contribution is 2.16. The number of carbonyl (C=O) groups is 2. The van der Waals surface area contributed by atoms with Crippen molar-refractivity contribution < 1.29 is 19.1 Å². The van der Waals surface area contributed by atoms with E-state index in [-0.39, 0.29) is 19.1 Å². The second-order valence-electron chi connectivity index (χ2n) is 6.15. The lowest BCUT2D eigenvalue weighted by molar-refractivity contribution is -0.136. The van der Waals surface area contributed by atoms with Gasteiger partial charge in [-0.2, -0.15) is 0 Å². The number of benzene rings is 1. The lowest BCUT2D eigenvalue weighted by Gasteiger charge is -2.27. The minimum atomic E-state index is -0.587. The Morgan fingerprint density at radius 2 is 1.91 bits per heavy atom. The molecule has 0 N–H and O–H groups in total. The highest BCUT2D eigenvalue weighted by Gasteiger charge is 2.26. The SMILES string of the molecule is CC(C)(C)OC(=O)N(CC1=CCOC1=O)Cc1ccccc1. The molecule has 0 aliphatic carbocycles. The number of hydrogen-bond donors (Lipinski definition) is 0. The van der Waals surface area contributed by atoms with Crippen LogP contribution in [-0.2, 0) is 20.8 Å². The van der Waals surface area contributed by atoms with Gasteiger partial charge in [0, 0.05) is 6.54 Å². The second-order valence-corrected chi connectivity index (χ2v) is 6.15. The molecule has 1 amide bonds. The van der Waals surface area contributed by atoms with E-state index < -0.39 is 11.7 Å². The van der Waals surface area contributed by atoms with Crippen LogP contribution in [0.3, 0.4) is 0 Å². The van der Waals surface area contributed by atoms with Gasteiger partial charge in [0.15, 0.2) is 0 Å². The molecule has 5 heteroatoms. The molecule has 118 valence electrons. The Morgan fingerprint density at radius 1 is 1.23 bits per heavy atom. The number of rotatable bonds is 4. The van der Waals surface area contributed by atoms with Gasteiger partial charge in [0.05, 0.1) is 12.1 Å². The quantitative estimate of drug-likeness (QED) is 0.803. The number of hydrogen-bond acceptors (Lipinski definition) is 4. The van der Waals surface area contributed by atoms with E-state index in [9.17, 15) is 9.59 Å². The number of esters is 1. The molecular formula is C17H21NO4. The topological polar surface area (TPSA) is 55.8 Å². The van der Waals surface area contributed by atoms with E-state index in [2.05, 4.69) is 0 Å².